The minimum absolute atomic E-state index is 1.04. The molecule has 98 valence electrons. The highest BCUT2D eigenvalue weighted by molar-refractivity contribution is 5.84. The van der Waals surface area contributed by atoms with Crippen molar-refractivity contribution in [3.05, 3.63) is 76.5 Å². The third-order valence-corrected chi connectivity index (χ3v) is 4.17. The summed E-state index contributed by atoms with van der Waals surface area (Å²) >= 11 is 0. The Balaban J connectivity index is 1.68. The first-order valence-electron chi connectivity index (χ1n) is 7.13. The largest absolute Gasteiger partial charge is 0.361 e. The lowest BCUT2D eigenvalue weighted by Gasteiger charge is -2.02. The van der Waals surface area contributed by atoms with Crippen LogP contribution in [-0.2, 0) is 12.8 Å². The van der Waals surface area contributed by atoms with Crippen LogP contribution in [-0.4, -0.2) is 4.98 Å². The van der Waals surface area contributed by atoms with Crippen molar-refractivity contribution < 1.29 is 0 Å². The first-order valence-corrected chi connectivity index (χ1v) is 7.13. The molecule has 0 fully saturated rings. The molecule has 2 aromatic carbocycles. The van der Waals surface area contributed by atoms with Crippen LogP contribution in [0.3, 0.4) is 0 Å². The maximum absolute atomic E-state index is 3.38. The third kappa shape index (κ3) is 1.87. The Hall–Kier alpha value is -2.28. The Kier molecular flexibility index (Phi) is 2.53. The van der Waals surface area contributed by atoms with Crippen molar-refractivity contribution in [3.8, 4) is 0 Å². The van der Waals surface area contributed by atoms with Crippen molar-refractivity contribution in [2.24, 2.45) is 0 Å². The summed E-state index contributed by atoms with van der Waals surface area (Å²) in [6, 6.07) is 15.3. The molecule has 1 aliphatic rings. The Morgan fingerprint density at radius 1 is 1.10 bits per heavy atom. The summed E-state index contributed by atoms with van der Waals surface area (Å²) in [4.78, 5) is 3.38. The normalized spacial score (nSPS) is 13.6. The molecule has 0 radical (unpaired) electrons. The molecule has 3 aromatic rings. The predicted molar refractivity (Wildman–Crippen MR) is 84.9 cm³/mol. The van der Waals surface area contributed by atoms with Gasteiger partial charge in [-0.25, -0.2) is 0 Å². The van der Waals surface area contributed by atoms with Crippen LogP contribution in [0.25, 0.3) is 17.0 Å². The lowest BCUT2D eigenvalue weighted by atomic mass is 10.0. The van der Waals surface area contributed by atoms with Crippen molar-refractivity contribution in [2.45, 2.75) is 19.8 Å². The zero-order valence-electron chi connectivity index (χ0n) is 11.6. The quantitative estimate of drug-likeness (QED) is 0.689. The van der Waals surface area contributed by atoms with Gasteiger partial charge in [0.1, 0.15) is 0 Å². The van der Waals surface area contributed by atoms with Gasteiger partial charge in [-0.05, 0) is 48.6 Å². The number of aromatic nitrogens is 1. The lowest BCUT2D eigenvalue weighted by Crippen LogP contribution is -1.90. The predicted octanol–water partition coefficient (Wildman–Crippen LogP) is 4.66. The number of hydrogen-bond acceptors (Lipinski definition) is 0. The van der Waals surface area contributed by atoms with Gasteiger partial charge < -0.3 is 4.98 Å². The second kappa shape index (κ2) is 4.38. The van der Waals surface area contributed by atoms with E-state index in [2.05, 4.69) is 66.6 Å². The van der Waals surface area contributed by atoms with Gasteiger partial charge in [0.05, 0.1) is 0 Å². The molecule has 1 aromatic heterocycles. The van der Waals surface area contributed by atoms with Crippen LogP contribution in [0.1, 0.15) is 22.3 Å². The molecule has 1 aliphatic carbocycles. The molecular weight excluding hydrogens is 242 g/mol. The van der Waals surface area contributed by atoms with Crippen molar-refractivity contribution in [3.63, 3.8) is 0 Å². The van der Waals surface area contributed by atoms with Gasteiger partial charge >= 0.3 is 0 Å². The number of benzene rings is 2. The highest BCUT2D eigenvalue weighted by Crippen LogP contribution is 2.29. The van der Waals surface area contributed by atoms with Gasteiger partial charge in [0, 0.05) is 17.1 Å². The van der Waals surface area contributed by atoms with Crippen LogP contribution in [0.2, 0.25) is 0 Å². The second-order valence-corrected chi connectivity index (χ2v) is 5.72. The van der Waals surface area contributed by atoms with Crippen LogP contribution in [0.5, 0.6) is 0 Å². The van der Waals surface area contributed by atoms with E-state index < -0.39 is 0 Å². The van der Waals surface area contributed by atoms with E-state index in [1.165, 1.54) is 38.7 Å². The van der Waals surface area contributed by atoms with Gasteiger partial charge in [-0.15, -0.1) is 0 Å². The smallest absolute Gasteiger partial charge is 0.0457 e. The van der Waals surface area contributed by atoms with Crippen LogP contribution in [0.15, 0.2) is 54.2 Å². The fourth-order valence-corrected chi connectivity index (χ4v) is 3.15. The van der Waals surface area contributed by atoms with Crippen LogP contribution in [0.4, 0.5) is 0 Å². The van der Waals surface area contributed by atoms with Gasteiger partial charge in [-0.3, -0.25) is 0 Å². The standard InChI is InChI=1S/C19H17N/c1-13-6-7-19-18(8-13)17(12-20-19)11-14-9-15-4-2-3-5-16(15)10-14/h2-9,12,20H,10-11H2,1H3. The number of H-pyrrole nitrogens is 1. The van der Waals surface area contributed by atoms with E-state index >= 15 is 0 Å². The van der Waals surface area contributed by atoms with E-state index in [0.717, 1.165) is 12.8 Å². The third-order valence-electron chi connectivity index (χ3n) is 4.17. The molecule has 1 heteroatoms. The summed E-state index contributed by atoms with van der Waals surface area (Å²) in [5.74, 6) is 0. The molecule has 0 saturated heterocycles. The Labute approximate surface area is 119 Å². The van der Waals surface area contributed by atoms with E-state index in [9.17, 15) is 0 Å². The van der Waals surface area contributed by atoms with Gasteiger partial charge in [0.25, 0.3) is 0 Å². The molecule has 20 heavy (non-hydrogen) atoms. The number of hydrogen-bond donors (Lipinski definition) is 1. The molecule has 0 bridgehead atoms. The number of allylic oxidation sites excluding steroid dienone is 1. The van der Waals surface area contributed by atoms with Crippen LogP contribution >= 0.6 is 0 Å². The molecule has 1 nitrogen and oxygen atoms in total. The maximum Gasteiger partial charge on any atom is 0.0457 e. The molecule has 0 unspecified atom stereocenters. The van der Waals surface area contributed by atoms with Gasteiger partial charge in [0.2, 0.25) is 0 Å². The maximum atomic E-state index is 3.38. The average molecular weight is 259 g/mol. The molecule has 1 heterocycles. The molecule has 0 aliphatic heterocycles. The van der Waals surface area contributed by atoms with Crippen molar-refractivity contribution >= 4 is 17.0 Å². The average Bonchev–Trinajstić information content (AvgIpc) is 3.03. The Morgan fingerprint density at radius 2 is 2.00 bits per heavy atom. The summed E-state index contributed by atoms with van der Waals surface area (Å²) in [6.45, 7) is 2.15. The minimum atomic E-state index is 1.04. The molecule has 1 N–H and O–H groups in total. The Bertz CT molecular complexity index is 821. The van der Waals surface area contributed by atoms with E-state index in [-0.39, 0.29) is 0 Å². The van der Waals surface area contributed by atoms with Gasteiger partial charge in [0.15, 0.2) is 0 Å². The fraction of sp³-hybridized carbons (Fsp3) is 0.158. The van der Waals surface area contributed by atoms with Crippen LogP contribution < -0.4 is 0 Å². The first-order chi connectivity index (χ1) is 9.79. The Morgan fingerprint density at radius 3 is 2.90 bits per heavy atom. The van der Waals surface area contributed by atoms with Gasteiger partial charge in [-0.1, -0.05) is 47.5 Å². The number of aryl methyl sites for hydroxylation is 1. The zero-order chi connectivity index (χ0) is 13.5. The summed E-state index contributed by atoms with van der Waals surface area (Å²) in [5.41, 5.74) is 8.32. The first kappa shape index (κ1) is 11.5. The highest BCUT2D eigenvalue weighted by Gasteiger charge is 2.13. The summed E-state index contributed by atoms with van der Waals surface area (Å²) in [7, 11) is 0. The van der Waals surface area contributed by atoms with E-state index in [4.69, 9.17) is 0 Å². The van der Waals surface area contributed by atoms with Gasteiger partial charge in [-0.2, -0.15) is 0 Å². The molecule has 4 rings (SSSR count). The molecule has 0 spiro atoms. The summed E-state index contributed by atoms with van der Waals surface area (Å²) in [6.07, 6.45) is 6.64. The van der Waals surface area contributed by atoms with Crippen LogP contribution in [0, 0.1) is 6.92 Å². The monoisotopic (exact) mass is 259 g/mol. The summed E-state index contributed by atoms with van der Waals surface area (Å²) < 4.78 is 0. The number of aromatic amines is 1. The zero-order valence-corrected chi connectivity index (χ0v) is 11.6. The number of fused-ring (bicyclic) bond motifs is 2. The number of rotatable bonds is 2. The van der Waals surface area contributed by atoms with Crippen molar-refractivity contribution in [1.82, 2.24) is 4.98 Å². The van der Waals surface area contributed by atoms with E-state index in [0.29, 0.717) is 0 Å². The molecule has 0 amide bonds. The molecule has 0 saturated carbocycles. The minimum Gasteiger partial charge on any atom is -0.361 e. The molecular formula is C19H17N. The van der Waals surface area contributed by atoms with E-state index in [1.54, 1.807) is 0 Å². The second-order valence-electron chi connectivity index (χ2n) is 5.72. The molecule has 0 atom stereocenters. The van der Waals surface area contributed by atoms with E-state index in [1.807, 2.05) is 0 Å². The topological polar surface area (TPSA) is 15.8 Å². The number of nitrogens with one attached hydrogen (secondary N) is 1. The SMILES string of the molecule is Cc1ccc2[nH]cc(CC3=Cc4ccccc4C3)c2c1. The fourth-order valence-electron chi connectivity index (χ4n) is 3.15. The summed E-state index contributed by atoms with van der Waals surface area (Å²) in [5, 5.41) is 1.36. The highest BCUT2D eigenvalue weighted by atomic mass is 14.7. The lowest BCUT2D eigenvalue weighted by molar-refractivity contribution is 1.08. The van der Waals surface area contributed by atoms with Crippen molar-refractivity contribution in [2.75, 3.05) is 0 Å². The van der Waals surface area contributed by atoms with Crippen molar-refractivity contribution in [1.29, 1.82) is 0 Å².